The van der Waals surface area contributed by atoms with Crippen molar-refractivity contribution in [3.05, 3.63) is 0 Å². The number of nitrogens with one attached hydrogen (secondary N) is 2. The van der Waals surface area contributed by atoms with E-state index in [1.54, 1.807) is 0 Å². The van der Waals surface area contributed by atoms with Crippen molar-refractivity contribution in [1.82, 2.24) is 10.6 Å². The second-order valence-corrected chi connectivity index (χ2v) is 5.90. The van der Waals surface area contributed by atoms with Gasteiger partial charge in [-0.3, -0.25) is 4.79 Å². The van der Waals surface area contributed by atoms with Crippen molar-refractivity contribution in [3.8, 4) is 0 Å². The van der Waals surface area contributed by atoms with Gasteiger partial charge in [0.05, 0.1) is 0 Å². The summed E-state index contributed by atoms with van der Waals surface area (Å²) in [6.45, 7) is 9.41. The average molecular weight is 240 g/mol. The van der Waals surface area contributed by atoms with Gasteiger partial charge in [-0.25, -0.2) is 0 Å². The summed E-state index contributed by atoms with van der Waals surface area (Å²) in [6.07, 6.45) is 4.93. The third-order valence-corrected chi connectivity index (χ3v) is 3.61. The lowest BCUT2D eigenvalue weighted by molar-refractivity contribution is -0.125. The third-order valence-electron chi connectivity index (χ3n) is 3.61. The lowest BCUT2D eigenvalue weighted by Crippen LogP contribution is -2.46. The quantitative estimate of drug-likeness (QED) is 0.774. The summed E-state index contributed by atoms with van der Waals surface area (Å²) in [4.78, 5) is 11.8. The minimum atomic E-state index is 0.0792. The van der Waals surface area contributed by atoms with Crippen LogP contribution >= 0.6 is 0 Å². The van der Waals surface area contributed by atoms with Gasteiger partial charge in [0.1, 0.15) is 0 Å². The Morgan fingerprint density at radius 3 is 2.47 bits per heavy atom. The van der Waals surface area contributed by atoms with E-state index in [0.29, 0.717) is 18.0 Å². The summed E-state index contributed by atoms with van der Waals surface area (Å²) >= 11 is 0. The van der Waals surface area contributed by atoms with Gasteiger partial charge in [0.2, 0.25) is 5.91 Å². The maximum atomic E-state index is 11.8. The molecule has 0 aromatic carbocycles. The van der Waals surface area contributed by atoms with Crippen LogP contribution in [0.4, 0.5) is 0 Å². The first-order valence-corrected chi connectivity index (χ1v) is 7.04. The van der Waals surface area contributed by atoms with Crippen LogP contribution in [0.15, 0.2) is 0 Å². The second kappa shape index (κ2) is 7.00. The molecular weight excluding hydrogens is 212 g/mol. The van der Waals surface area contributed by atoms with Gasteiger partial charge in [0.25, 0.3) is 0 Å². The SMILES string of the molecule is CC(C)C(=O)N[C@@H](C[C@@H]1CCCCN1)C(C)C. The molecule has 1 saturated heterocycles. The average Bonchev–Trinajstić information content (AvgIpc) is 2.29. The Balaban J connectivity index is 2.44. The van der Waals surface area contributed by atoms with Gasteiger partial charge in [0.15, 0.2) is 0 Å². The van der Waals surface area contributed by atoms with Gasteiger partial charge in [-0.2, -0.15) is 0 Å². The smallest absolute Gasteiger partial charge is 0.222 e. The Morgan fingerprint density at radius 1 is 1.29 bits per heavy atom. The van der Waals surface area contributed by atoms with Gasteiger partial charge in [0, 0.05) is 18.0 Å². The van der Waals surface area contributed by atoms with Crippen molar-refractivity contribution in [1.29, 1.82) is 0 Å². The molecule has 1 aliphatic rings. The van der Waals surface area contributed by atoms with E-state index in [1.807, 2.05) is 13.8 Å². The Morgan fingerprint density at radius 2 is 2.00 bits per heavy atom. The van der Waals surface area contributed by atoms with Crippen molar-refractivity contribution in [2.24, 2.45) is 11.8 Å². The highest BCUT2D eigenvalue weighted by molar-refractivity contribution is 5.78. The molecule has 100 valence electrons. The van der Waals surface area contributed by atoms with Crippen LogP contribution < -0.4 is 10.6 Å². The fraction of sp³-hybridized carbons (Fsp3) is 0.929. The van der Waals surface area contributed by atoms with Crippen LogP contribution in [0.5, 0.6) is 0 Å². The van der Waals surface area contributed by atoms with E-state index in [0.717, 1.165) is 13.0 Å². The van der Waals surface area contributed by atoms with Crippen LogP contribution in [0.1, 0.15) is 53.4 Å². The van der Waals surface area contributed by atoms with Gasteiger partial charge in [-0.1, -0.05) is 34.1 Å². The lowest BCUT2D eigenvalue weighted by Gasteiger charge is -2.30. The van der Waals surface area contributed by atoms with Gasteiger partial charge in [-0.05, 0) is 31.7 Å². The number of carbonyl (C=O) groups excluding carboxylic acids is 1. The molecule has 2 N–H and O–H groups in total. The summed E-state index contributed by atoms with van der Waals surface area (Å²) < 4.78 is 0. The number of hydrogen-bond donors (Lipinski definition) is 2. The maximum Gasteiger partial charge on any atom is 0.222 e. The largest absolute Gasteiger partial charge is 0.353 e. The predicted octanol–water partition coefficient (Wildman–Crippen LogP) is 2.32. The minimum Gasteiger partial charge on any atom is -0.353 e. The molecule has 0 spiro atoms. The first-order chi connectivity index (χ1) is 8.00. The molecule has 1 fully saturated rings. The zero-order chi connectivity index (χ0) is 12.8. The van der Waals surface area contributed by atoms with Gasteiger partial charge in [-0.15, -0.1) is 0 Å². The van der Waals surface area contributed by atoms with Crippen molar-refractivity contribution < 1.29 is 4.79 Å². The molecule has 1 aliphatic heterocycles. The van der Waals surface area contributed by atoms with Crippen LogP contribution in [-0.2, 0) is 4.79 Å². The highest BCUT2D eigenvalue weighted by Crippen LogP contribution is 2.16. The monoisotopic (exact) mass is 240 g/mol. The molecular formula is C14H28N2O. The fourth-order valence-corrected chi connectivity index (χ4v) is 2.28. The van der Waals surface area contributed by atoms with Crippen LogP contribution in [0.25, 0.3) is 0 Å². The lowest BCUT2D eigenvalue weighted by atomic mass is 9.92. The number of hydrogen-bond acceptors (Lipinski definition) is 2. The van der Waals surface area contributed by atoms with E-state index < -0.39 is 0 Å². The zero-order valence-corrected chi connectivity index (χ0v) is 11.8. The molecule has 3 nitrogen and oxygen atoms in total. The van der Waals surface area contributed by atoms with Crippen molar-refractivity contribution >= 4 is 5.91 Å². The van der Waals surface area contributed by atoms with E-state index >= 15 is 0 Å². The molecule has 3 heteroatoms. The van der Waals surface area contributed by atoms with Gasteiger partial charge < -0.3 is 10.6 Å². The van der Waals surface area contributed by atoms with E-state index in [4.69, 9.17) is 0 Å². The van der Waals surface area contributed by atoms with Crippen LogP contribution in [0.3, 0.4) is 0 Å². The Hall–Kier alpha value is -0.570. The van der Waals surface area contributed by atoms with Gasteiger partial charge >= 0.3 is 0 Å². The molecule has 0 bridgehead atoms. The second-order valence-electron chi connectivity index (χ2n) is 5.90. The van der Waals surface area contributed by atoms with Crippen LogP contribution in [0.2, 0.25) is 0 Å². The Labute approximate surface area is 106 Å². The third kappa shape index (κ3) is 5.07. The van der Waals surface area contributed by atoms with E-state index in [9.17, 15) is 4.79 Å². The summed E-state index contributed by atoms with van der Waals surface area (Å²) in [7, 11) is 0. The molecule has 17 heavy (non-hydrogen) atoms. The van der Waals surface area contributed by atoms with E-state index in [1.165, 1.54) is 19.3 Å². The first-order valence-electron chi connectivity index (χ1n) is 7.04. The van der Waals surface area contributed by atoms with Crippen LogP contribution in [-0.4, -0.2) is 24.5 Å². The molecule has 1 heterocycles. The van der Waals surface area contributed by atoms with E-state index in [2.05, 4.69) is 24.5 Å². The minimum absolute atomic E-state index is 0.0792. The molecule has 0 aliphatic carbocycles. The maximum absolute atomic E-state index is 11.8. The first kappa shape index (κ1) is 14.5. The summed E-state index contributed by atoms with van der Waals surface area (Å²) in [6, 6.07) is 0.893. The molecule has 1 rings (SSSR count). The number of piperidine rings is 1. The highest BCUT2D eigenvalue weighted by atomic mass is 16.1. The Bertz CT molecular complexity index is 232. The molecule has 0 aromatic heterocycles. The molecule has 0 unspecified atom stereocenters. The molecule has 0 aromatic rings. The predicted molar refractivity (Wildman–Crippen MR) is 71.9 cm³/mol. The standard InChI is InChI=1S/C14H28N2O/c1-10(2)13(16-14(17)11(3)4)9-12-7-5-6-8-15-12/h10-13,15H,5-9H2,1-4H3,(H,16,17)/t12-,13-/m0/s1. The molecule has 0 radical (unpaired) electrons. The van der Waals surface area contributed by atoms with Crippen molar-refractivity contribution in [2.45, 2.75) is 65.5 Å². The number of carbonyl (C=O) groups is 1. The highest BCUT2D eigenvalue weighted by Gasteiger charge is 2.23. The molecule has 2 atom stereocenters. The normalized spacial score (nSPS) is 22.8. The zero-order valence-electron chi connectivity index (χ0n) is 11.8. The van der Waals surface area contributed by atoms with E-state index in [-0.39, 0.29) is 11.8 Å². The molecule has 1 amide bonds. The number of rotatable bonds is 5. The van der Waals surface area contributed by atoms with Crippen molar-refractivity contribution in [2.75, 3.05) is 6.54 Å². The fourth-order valence-electron chi connectivity index (χ4n) is 2.28. The van der Waals surface area contributed by atoms with Crippen molar-refractivity contribution in [3.63, 3.8) is 0 Å². The summed E-state index contributed by atoms with van der Waals surface area (Å²) in [5, 5.41) is 6.74. The summed E-state index contributed by atoms with van der Waals surface area (Å²) in [5.41, 5.74) is 0. The topological polar surface area (TPSA) is 41.1 Å². The Kier molecular flexibility index (Phi) is 5.96. The summed E-state index contributed by atoms with van der Waals surface area (Å²) in [5.74, 6) is 0.761. The molecule has 0 saturated carbocycles. The van der Waals surface area contributed by atoms with Crippen LogP contribution in [0, 0.1) is 11.8 Å². The number of amides is 1.